The molecule has 0 aliphatic carbocycles. The van der Waals surface area contributed by atoms with Gasteiger partial charge in [-0.3, -0.25) is 4.79 Å². The molecule has 1 unspecified atom stereocenters. The molecule has 5 nitrogen and oxygen atoms in total. The second kappa shape index (κ2) is 5.84. The van der Waals surface area contributed by atoms with Gasteiger partial charge in [-0.05, 0) is 12.8 Å². The second-order valence-electron chi connectivity index (χ2n) is 4.01. The molecule has 0 bridgehead atoms. The summed E-state index contributed by atoms with van der Waals surface area (Å²) >= 11 is 0. The third kappa shape index (κ3) is 3.31. The molecule has 17 heavy (non-hydrogen) atoms. The minimum Gasteiger partial charge on any atom is -0.487 e. The van der Waals surface area contributed by atoms with Crippen LogP contribution in [-0.4, -0.2) is 24.4 Å². The predicted molar refractivity (Wildman–Crippen MR) is 60.0 cm³/mol. The summed E-state index contributed by atoms with van der Waals surface area (Å²) in [6, 6.07) is 1.24. The Balaban J connectivity index is 1.84. The van der Waals surface area contributed by atoms with Gasteiger partial charge in [-0.25, -0.2) is 0 Å². The third-order valence-electron chi connectivity index (χ3n) is 2.73. The standard InChI is InChI=1S/C12H16O5/c13-7-10-6-11(14)12(8-17-10)16-5-3-9-2-1-4-15-9/h6,8-9,13H,1-5,7H2. The van der Waals surface area contributed by atoms with E-state index < -0.39 is 0 Å². The molecular formula is C12H16O5. The molecule has 0 spiro atoms. The molecule has 1 saturated heterocycles. The molecule has 0 radical (unpaired) electrons. The van der Waals surface area contributed by atoms with Crippen LogP contribution in [0, 0.1) is 0 Å². The lowest BCUT2D eigenvalue weighted by Crippen LogP contribution is -2.14. The first kappa shape index (κ1) is 12.1. The first-order chi connectivity index (χ1) is 8.29. The van der Waals surface area contributed by atoms with E-state index >= 15 is 0 Å². The Hall–Kier alpha value is -1.33. The SMILES string of the molecule is O=c1cc(CO)occ1OCCC1CCCO1. The fourth-order valence-corrected chi connectivity index (χ4v) is 1.80. The average Bonchev–Trinajstić information content (AvgIpc) is 2.84. The first-order valence-corrected chi connectivity index (χ1v) is 5.76. The predicted octanol–water partition coefficient (Wildman–Crippen LogP) is 1.08. The van der Waals surface area contributed by atoms with Gasteiger partial charge >= 0.3 is 0 Å². The van der Waals surface area contributed by atoms with Crippen molar-refractivity contribution in [2.24, 2.45) is 0 Å². The summed E-state index contributed by atoms with van der Waals surface area (Å²) in [4.78, 5) is 11.5. The summed E-state index contributed by atoms with van der Waals surface area (Å²) in [5, 5.41) is 8.78. The lowest BCUT2D eigenvalue weighted by molar-refractivity contribution is 0.0897. The Morgan fingerprint density at radius 2 is 2.41 bits per heavy atom. The number of hydrogen-bond acceptors (Lipinski definition) is 5. The van der Waals surface area contributed by atoms with Crippen LogP contribution in [-0.2, 0) is 11.3 Å². The fourth-order valence-electron chi connectivity index (χ4n) is 1.80. The van der Waals surface area contributed by atoms with Crippen molar-refractivity contribution >= 4 is 0 Å². The van der Waals surface area contributed by atoms with E-state index in [1.165, 1.54) is 12.3 Å². The van der Waals surface area contributed by atoms with Gasteiger partial charge in [-0.2, -0.15) is 0 Å². The zero-order valence-corrected chi connectivity index (χ0v) is 9.55. The molecular weight excluding hydrogens is 224 g/mol. The Labute approximate surface area is 99.0 Å². The highest BCUT2D eigenvalue weighted by Gasteiger charge is 2.15. The van der Waals surface area contributed by atoms with Crippen LogP contribution in [0.5, 0.6) is 5.75 Å². The van der Waals surface area contributed by atoms with E-state index in [1.807, 2.05) is 0 Å². The summed E-state index contributed by atoms with van der Waals surface area (Å²) in [6.45, 7) is 0.970. The van der Waals surface area contributed by atoms with Crippen LogP contribution < -0.4 is 10.2 Å². The average molecular weight is 240 g/mol. The van der Waals surface area contributed by atoms with E-state index in [0.29, 0.717) is 6.61 Å². The van der Waals surface area contributed by atoms with Gasteiger partial charge < -0.3 is 19.0 Å². The topological polar surface area (TPSA) is 68.9 Å². The van der Waals surface area contributed by atoms with E-state index in [2.05, 4.69) is 0 Å². The van der Waals surface area contributed by atoms with Crippen LogP contribution in [0.4, 0.5) is 0 Å². The largest absolute Gasteiger partial charge is 0.487 e. The Morgan fingerprint density at radius 3 is 3.06 bits per heavy atom. The number of aliphatic hydroxyl groups is 1. The number of hydrogen-bond donors (Lipinski definition) is 1. The Kier molecular flexibility index (Phi) is 4.17. The molecule has 1 atom stereocenters. The number of aliphatic hydroxyl groups excluding tert-OH is 1. The highest BCUT2D eigenvalue weighted by Crippen LogP contribution is 2.15. The van der Waals surface area contributed by atoms with Crippen molar-refractivity contribution in [3.05, 3.63) is 28.3 Å². The minimum absolute atomic E-state index is 0.181. The normalized spacial score (nSPS) is 19.5. The first-order valence-electron chi connectivity index (χ1n) is 5.76. The van der Waals surface area contributed by atoms with Crippen molar-refractivity contribution in [3.63, 3.8) is 0 Å². The van der Waals surface area contributed by atoms with Crippen LogP contribution in [0.1, 0.15) is 25.0 Å². The van der Waals surface area contributed by atoms with Crippen molar-refractivity contribution in [2.45, 2.75) is 32.0 Å². The van der Waals surface area contributed by atoms with Crippen LogP contribution >= 0.6 is 0 Å². The number of ether oxygens (including phenoxy) is 2. The molecule has 0 aromatic carbocycles. The molecule has 2 heterocycles. The summed E-state index contributed by atoms with van der Waals surface area (Å²) in [7, 11) is 0. The van der Waals surface area contributed by atoms with Crippen molar-refractivity contribution in [1.82, 2.24) is 0 Å². The summed E-state index contributed by atoms with van der Waals surface area (Å²) < 4.78 is 15.8. The molecule has 1 aromatic rings. The monoisotopic (exact) mass is 240 g/mol. The smallest absolute Gasteiger partial charge is 0.227 e. The van der Waals surface area contributed by atoms with Crippen molar-refractivity contribution in [1.29, 1.82) is 0 Å². The van der Waals surface area contributed by atoms with Crippen molar-refractivity contribution < 1.29 is 19.0 Å². The van der Waals surface area contributed by atoms with Crippen LogP contribution in [0.25, 0.3) is 0 Å². The maximum Gasteiger partial charge on any atom is 0.227 e. The van der Waals surface area contributed by atoms with E-state index in [9.17, 15) is 4.79 Å². The van der Waals surface area contributed by atoms with Crippen LogP contribution in [0.15, 0.2) is 21.5 Å². The van der Waals surface area contributed by atoms with E-state index in [1.54, 1.807) is 0 Å². The molecule has 1 N–H and O–H groups in total. The fraction of sp³-hybridized carbons (Fsp3) is 0.583. The highest BCUT2D eigenvalue weighted by atomic mass is 16.5. The van der Waals surface area contributed by atoms with Gasteiger partial charge in [0.1, 0.15) is 18.6 Å². The maximum absolute atomic E-state index is 11.5. The van der Waals surface area contributed by atoms with Crippen molar-refractivity contribution in [2.75, 3.05) is 13.2 Å². The highest BCUT2D eigenvalue weighted by molar-refractivity contribution is 5.17. The summed E-state index contributed by atoms with van der Waals surface area (Å²) in [5.74, 6) is 0.418. The molecule has 1 fully saturated rings. The van der Waals surface area contributed by atoms with Crippen LogP contribution in [0.2, 0.25) is 0 Å². The van der Waals surface area contributed by atoms with Gasteiger partial charge in [-0.15, -0.1) is 0 Å². The van der Waals surface area contributed by atoms with Gasteiger partial charge in [-0.1, -0.05) is 0 Å². The lowest BCUT2D eigenvalue weighted by atomic mass is 10.2. The molecule has 1 aliphatic rings. The zero-order valence-electron chi connectivity index (χ0n) is 9.55. The molecule has 5 heteroatoms. The third-order valence-corrected chi connectivity index (χ3v) is 2.73. The minimum atomic E-state index is -0.286. The summed E-state index contributed by atoms with van der Waals surface area (Å²) in [5.41, 5.74) is -0.271. The van der Waals surface area contributed by atoms with E-state index in [4.69, 9.17) is 19.0 Å². The molecule has 94 valence electrons. The van der Waals surface area contributed by atoms with Gasteiger partial charge in [0.15, 0.2) is 0 Å². The van der Waals surface area contributed by atoms with Crippen molar-refractivity contribution in [3.8, 4) is 5.75 Å². The van der Waals surface area contributed by atoms with Gasteiger partial charge in [0.05, 0.1) is 12.7 Å². The van der Waals surface area contributed by atoms with Crippen LogP contribution in [0.3, 0.4) is 0 Å². The van der Waals surface area contributed by atoms with E-state index in [0.717, 1.165) is 25.9 Å². The Morgan fingerprint density at radius 1 is 1.53 bits per heavy atom. The molecule has 2 rings (SSSR count). The quantitative estimate of drug-likeness (QED) is 0.834. The number of rotatable bonds is 5. The molecule has 0 saturated carbocycles. The van der Waals surface area contributed by atoms with Gasteiger partial charge in [0.2, 0.25) is 11.2 Å². The zero-order chi connectivity index (χ0) is 12.1. The molecule has 0 amide bonds. The lowest BCUT2D eigenvalue weighted by Gasteiger charge is -2.09. The molecule has 1 aliphatic heterocycles. The Bertz CT molecular complexity index is 406. The van der Waals surface area contributed by atoms with Gasteiger partial charge in [0, 0.05) is 19.1 Å². The maximum atomic E-state index is 11.5. The van der Waals surface area contributed by atoms with Gasteiger partial charge in [0.25, 0.3) is 0 Å². The summed E-state index contributed by atoms with van der Waals surface area (Å²) in [6.07, 6.45) is 4.42. The molecule has 1 aromatic heterocycles. The second-order valence-corrected chi connectivity index (χ2v) is 4.01. The van der Waals surface area contributed by atoms with E-state index in [-0.39, 0.29) is 29.6 Å².